The Kier molecular flexibility index (Phi) is 5.32. The third-order valence-electron chi connectivity index (χ3n) is 4.65. The van der Waals surface area contributed by atoms with Gasteiger partial charge in [0.05, 0.1) is 35.2 Å². The zero-order chi connectivity index (χ0) is 21.4. The smallest absolute Gasteiger partial charge is 0.266 e. The fraction of sp³-hybridized carbons (Fsp3) is 0.0455. The highest BCUT2D eigenvalue weighted by molar-refractivity contribution is 9.10. The molecule has 0 fully saturated rings. The van der Waals surface area contributed by atoms with Gasteiger partial charge >= 0.3 is 0 Å². The number of methoxy groups -OCH3 is 1. The highest BCUT2D eigenvalue weighted by Gasteiger charge is 2.38. The number of carbonyl (C=O) groups excluding carboxylic acids is 3. The van der Waals surface area contributed by atoms with Gasteiger partial charge in [0.2, 0.25) is 0 Å². The van der Waals surface area contributed by atoms with E-state index in [4.69, 9.17) is 16.3 Å². The van der Waals surface area contributed by atoms with Crippen molar-refractivity contribution >= 4 is 56.6 Å². The molecule has 1 N–H and O–H groups in total. The van der Waals surface area contributed by atoms with Crippen molar-refractivity contribution in [3.05, 3.63) is 86.8 Å². The van der Waals surface area contributed by atoms with Gasteiger partial charge in [0.25, 0.3) is 17.7 Å². The summed E-state index contributed by atoms with van der Waals surface area (Å²) in [7, 11) is 1.48. The third kappa shape index (κ3) is 3.46. The zero-order valence-electron chi connectivity index (χ0n) is 15.6. The van der Waals surface area contributed by atoms with Crippen LogP contribution in [-0.4, -0.2) is 24.8 Å². The number of amides is 3. The molecule has 1 heterocycles. The second kappa shape index (κ2) is 7.93. The molecule has 0 aliphatic carbocycles. The molecule has 0 saturated heterocycles. The van der Waals surface area contributed by atoms with Crippen molar-refractivity contribution in [3.8, 4) is 5.75 Å². The molecule has 150 valence electrons. The summed E-state index contributed by atoms with van der Waals surface area (Å²) in [6.45, 7) is 0. The number of ether oxygens (including phenoxy) is 1. The first-order chi connectivity index (χ1) is 14.4. The van der Waals surface area contributed by atoms with Crippen molar-refractivity contribution in [1.29, 1.82) is 0 Å². The monoisotopic (exact) mass is 484 g/mol. The Labute approximate surface area is 185 Å². The normalized spacial score (nSPS) is 12.7. The van der Waals surface area contributed by atoms with Crippen LogP contribution in [0.2, 0.25) is 5.02 Å². The lowest BCUT2D eigenvalue weighted by Gasteiger charge is -2.18. The first-order valence-electron chi connectivity index (χ1n) is 8.83. The number of halogens is 2. The van der Waals surface area contributed by atoms with E-state index in [9.17, 15) is 14.4 Å². The molecule has 3 aromatic carbocycles. The Balaban J connectivity index is 1.72. The van der Waals surface area contributed by atoms with E-state index >= 15 is 0 Å². The maximum absolute atomic E-state index is 13.0. The Bertz CT molecular complexity index is 1210. The molecule has 6 nitrogen and oxygen atoms in total. The van der Waals surface area contributed by atoms with Gasteiger partial charge in [0.15, 0.2) is 0 Å². The predicted molar refractivity (Wildman–Crippen MR) is 118 cm³/mol. The predicted octanol–water partition coefficient (Wildman–Crippen LogP) is 5.16. The molecule has 0 unspecified atom stereocenters. The summed E-state index contributed by atoms with van der Waals surface area (Å²) in [5, 5.41) is 3.16. The van der Waals surface area contributed by atoms with Crippen molar-refractivity contribution in [1.82, 2.24) is 0 Å². The molecule has 0 bridgehead atoms. The summed E-state index contributed by atoms with van der Waals surface area (Å²) in [5.74, 6) is -1.06. The number of rotatable bonds is 4. The Morgan fingerprint density at radius 1 is 1.00 bits per heavy atom. The number of imide groups is 1. The minimum atomic E-state index is -0.510. The van der Waals surface area contributed by atoms with Crippen molar-refractivity contribution < 1.29 is 19.1 Å². The van der Waals surface area contributed by atoms with Crippen LogP contribution in [0.4, 0.5) is 11.4 Å². The molecule has 0 atom stereocenters. The van der Waals surface area contributed by atoms with Crippen molar-refractivity contribution in [2.24, 2.45) is 0 Å². The Morgan fingerprint density at radius 3 is 2.50 bits per heavy atom. The van der Waals surface area contributed by atoms with Gasteiger partial charge in [-0.1, -0.05) is 39.7 Å². The number of benzene rings is 3. The number of hydrogen-bond acceptors (Lipinski definition) is 4. The summed E-state index contributed by atoms with van der Waals surface area (Å²) in [6, 6.07) is 16.1. The van der Waals surface area contributed by atoms with Crippen LogP contribution in [0.3, 0.4) is 0 Å². The molecule has 3 amide bonds. The van der Waals surface area contributed by atoms with E-state index in [-0.39, 0.29) is 22.4 Å². The number of fused-ring (bicyclic) bond motifs is 1. The van der Waals surface area contributed by atoms with E-state index in [0.717, 1.165) is 4.90 Å². The molecule has 0 radical (unpaired) electrons. The van der Waals surface area contributed by atoms with Crippen molar-refractivity contribution in [2.45, 2.75) is 0 Å². The van der Waals surface area contributed by atoms with Gasteiger partial charge in [-0.05, 0) is 48.5 Å². The van der Waals surface area contributed by atoms with Crippen LogP contribution in [0.25, 0.3) is 0 Å². The quantitative estimate of drug-likeness (QED) is 0.518. The lowest BCUT2D eigenvalue weighted by Crippen LogP contribution is -2.31. The van der Waals surface area contributed by atoms with Crippen LogP contribution < -0.4 is 15.0 Å². The second-order valence-corrected chi connectivity index (χ2v) is 7.80. The molecular formula is C22H14BrClN2O4. The Morgan fingerprint density at radius 2 is 1.73 bits per heavy atom. The average Bonchev–Trinajstić information content (AvgIpc) is 2.97. The van der Waals surface area contributed by atoms with Gasteiger partial charge in [-0.3, -0.25) is 14.4 Å². The molecule has 3 aromatic rings. The van der Waals surface area contributed by atoms with Gasteiger partial charge in [-0.25, -0.2) is 4.90 Å². The van der Waals surface area contributed by atoms with Crippen LogP contribution in [0.15, 0.2) is 65.1 Å². The SMILES string of the molecule is COc1ccc(Cl)cc1NC(=O)c1ccccc1N1C(=O)c2ccc(Br)cc2C1=O. The van der Waals surface area contributed by atoms with E-state index in [2.05, 4.69) is 21.2 Å². The van der Waals surface area contributed by atoms with Crippen LogP contribution in [-0.2, 0) is 0 Å². The molecule has 30 heavy (non-hydrogen) atoms. The fourth-order valence-corrected chi connectivity index (χ4v) is 3.79. The minimum Gasteiger partial charge on any atom is -0.495 e. The lowest BCUT2D eigenvalue weighted by atomic mass is 10.1. The summed E-state index contributed by atoms with van der Waals surface area (Å²) in [5.41, 5.74) is 1.29. The zero-order valence-corrected chi connectivity index (χ0v) is 18.0. The molecule has 0 aromatic heterocycles. The highest BCUT2D eigenvalue weighted by atomic mass is 79.9. The lowest BCUT2D eigenvalue weighted by molar-refractivity contribution is 0.0926. The molecule has 8 heteroatoms. The number of nitrogens with one attached hydrogen (secondary N) is 1. The van der Waals surface area contributed by atoms with E-state index in [1.54, 1.807) is 60.7 Å². The first kappa shape index (κ1) is 20.1. The molecule has 0 spiro atoms. The van der Waals surface area contributed by atoms with Gasteiger partial charge in [-0.15, -0.1) is 0 Å². The van der Waals surface area contributed by atoms with Crippen LogP contribution >= 0.6 is 27.5 Å². The molecule has 0 saturated carbocycles. The number of nitrogens with zero attached hydrogens (tertiary/aromatic N) is 1. The van der Waals surface area contributed by atoms with Crippen molar-refractivity contribution in [3.63, 3.8) is 0 Å². The first-order valence-corrected chi connectivity index (χ1v) is 10.00. The van der Waals surface area contributed by atoms with Crippen LogP contribution in [0, 0.1) is 0 Å². The summed E-state index contributed by atoms with van der Waals surface area (Å²) in [6.07, 6.45) is 0. The standard InChI is InChI=1S/C22H14BrClN2O4/c1-30-19-9-7-13(24)11-17(19)25-20(27)15-4-2-3-5-18(15)26-21(28)14-8-6-12(23)10-16(14)22(26)29/h2-11H,1H3,(H,25,27). The summed E-state index contributed by atoms with van der Waals surface area (Å²) >= 11 is 9.35. The Hall–Kier alpha value is -3.16. The molecular weight excluding hydrogens is 472 g/mol. The van der Waals surface area contributed by atoms with Gasteiger partial charge in [-0.2, -0.15) is 0 Å². The van der Waals surface area contributed by atoms with Gasteiger partial charge in [0, 0.05) is 9.50 Å². The molecule has 1 aliphatic heterocycles. The van der Waals surface area contributed by atoms with Gasteiger partial charge in [0.1, 0.15) is 5.75 Å². The largest absolute Gasteiger partial charge is 0.495 e. The van der Waals surface area contributed by atoms with Crippen molar-refractivity contribution in [2.75, 3.05) is 17.3 Å². The topological polar surface area (TPSA) is 75.7 Å². The van der Waals surface area contributed by atoms with E-state index < -0.39 is 17.7 Å². The average molecular weight is 486 g/mol. The van der Waals surface area contributed by atoms with Gasteiger partial charge < -0.3 is 10.1 Å². The minimum absolute atomic E-state index is 0.160. The number of hydrogen-bond donors (Lipinski definition) is 1. The summed E-state index contributed by atoms with van der Waals surface area (Å²) in [4.78, 5) is 39.9. The maximum atomic E-state index is 13.0. The van der Waals surface area contributed by atoms with Crippen LogP contribution in [0.5, 0.6) is 5.75 Å². The molecule has 4 rings (SSSR count). The van der Waals surface area contributed by atoms with Crippen LogP contribution in [0.1, 0.15) is 31.1 Å². The van der Waals surface area contributed by atoms with E-state index in [0.29, 0.717) is 20.9 Å². The fourth-order valence-electron chi connectivity index (χ4n) is 3.26. The number of para-hydroxylation sites is 1. The highest BCUT2D eigenvalue weighted by Crippen LogP contribution is 2.33. The molecule has 1 aliphatic rings. The second-order valence-electron chi connectivity index (χ2n) is 6.45. The maximum Gasteiger partial charge on any atom is 0.266 e. The van der Waals surface area contributed by atoms with E-state index in [1.165, 1.54) is 7.11 Å². The van der Waals surface area contributed by atoms with E-state index in [1.807, 2.05) is 0 Å². The number of carbonyl (C=O) groups is 3. The summed E-state index contributed by atoms with van der Waals surface area (Å²) < 4.78 is 5.94. The third-order valence-corrected chi connectivity index (χ3v) is 5.38. The number of anilines is 2.